The fraction of sp³-hybridized carbons (Fsp3) is 0.333. The van der Waals surface area contributed by atoms with Crippen molar-refractivity contribution in [1.82, 2.24) is 5.32 Å². The van der Waals surface area contributed by atoms with Crippen molar-refractivity contribution in [3.8, 4) is 11.5 Å². The quantitative estimate of drug-likeness (QED) is 0.816. The first-order valence-corrected chi connectivity index (χ1v) is 9.07. The Labute approximate surface area is 159 Å². The van der Waals surface area contributed by atoms with Gasteiger partial charge in [0.2, 0.25) is 5.91 Å². The highest BCUT2D eigenvalue weighted by atomic mass is 16.5. The third-order valence-corrected chi connectivity index (χ3v) is 4.34. The molecule has 1 fully saturated rings. The van der Waals surface area contributed by atoms with Crippen LogP contribution in [0.4, 0.5) is 5.69 Å². The normalized spacial score (nSPS) is 16.3. The SMILES string of the molecule is CCOc1ccc(OCC(=O)NC2CC(=O)N(c3ccc(C)cc3)C2)cc1. The van der Waals surface area contributed by atoms with Crippen molar-refractivity contribution in [2.45, 2.75) is 26.3 Å². The second-order valence-electron chi connectivity index (χ2n) is 6.50. The zero-order chi connectivity index (χ0) is 19.2. The average molecular weight is 368 g/mol. The number of nitrogens with zero attached hydrogens (tertiary/aromatic N) is 1. The summed E-state index contributed by atoms with van der Waals surface area (Å²) < 4.78 is 10.9. The first-order chi connectivity index (χ1) is 13.0. The average Bonchev–Trinajstić information content (AvgIpc) is 3.02. The molecule has 0 bridgehead atoms. The van der Waals surface area contributed by atoms with Gasteiger partial charge in [-0.15, -0.1) is 0 Å². The van der Waals surface area contributed by atoms with Crippen molar-refractivity contribution in [2.75, 3.05) is 24.7 Å². The molecule has 27 heavy (non-hydrogen) atoms. The van der Waals surface area contributed by atoms with Gasteiger partial charge in [0.1, 0.15) is 11.5 Å². The number of carbonyl (C=O) groups is 2. The molecule has 6 nitrogen and oxygen atoms in total. The largest absolute Gasteiger partial charge is 0.494 e. The fourth-order valence-corrected chi connectivity index (χ4v) is 3.00. The van der Waals surface area contributed by atoms with Gasteiger partial charge in [0.15, 0.2) is 6.61 Å². The summed E-state index contributed by atoms with van der Waals surface area (Å²) in [5.74, 6) is 1.12. The Bertz CT molecular complexity index is 787. The third kappa shape index (κ3) is 5.00. The van der Waals surface area contributed by atoms with Crippen LogP contribution in [-0.2, 0) is 9.59 Å². The molecular weight excluding hydrogens is 344 g/mol. The Morgan fingerprint density at radius 3 is 2.33 bits per heavy atom. The van der Waals surface area contributed by atoms with Gasteiger partial charge in [-0.3, -0.25) is 9.59 Å². The number of rotatable bonds is 7. The lowest BCUT2D eigenvalue weighted by atomic mass is 10.2. The Hall–Kier alpha value is -3.02. The zero-order valence-corrected chi connectivity index (χ0v) is 15.6. The van der Waals surface area contributed by atoms with E-state index in [1.807, 2.05) is 38.1 Å². The summed E-state index contributed by atoms with van der Waals surface area (Å²) in [6.45, 7) is 4.90. The van der Waals surface area contributed by atoms with E-state index in [-0.39, 0.29) is 24.5 Å². The standard InChI is InChI=1S/C21H24N2O4/c1-3-26-18-8-10-19(11-9-18)27-14-20(24)22-16-12-21(25)23(13-16)17-6-4-15(2)5-7-17/h4-11,16H,3,12-14H2,1-2H3,(H,22,24). The Morgan fingerprint density at radius 1 is 1.07 bits per heavy atom. The molecule has 2 aromatic carbocycles. The number of nitrogens with one attached hydrogen (secondary N) is 1. The number of hydrogen-bond acceptors (Lipinski definition) is 4. The van der Waals surface area contributed by atoms with Crippen molar-refractivity contribution in [1.29, 1.82) is 0 Å². The van der Waals surface area contributed by atoms with E-state index in [0.29, 0.717) is 25.3 Å². The van der Waals surface area contributed by atoms with Gasteiger partial charge in [0.25, 0.3) is 5.91 Å². The number of amides is 2. The Kier molecular flexibility index (Phi) is 5.96. The van der Waals surface area contributed by atoms with Gasteiger partial charge in [0.05, 0.1) is 12.6 Å². The molecule has 2 aromatic rings. The van der Waals surface area contributed by atoms with Gasteiger partial charge in [-0.2, -0.15) is 0 Å². The van der Waals surface area contributed by atoms with E-state index in [1.165, 1.54) is 0 Å². The highest BCUT2D eigenvalue weighted by Crippen LogP contribution is 2.22. The van der Waals surface area contributed by atoms with E-state index in [2.05, 4.69) is 5.32 Å². The van der Waals surface area contributed by atoms with Crippen LogP contribution in [0.15, 0.2) is 48.5 Å². The lowest BCUT2D eigenvalue weighted by molar-refractivity contribution is -0.123. The van der Waals surface area contributed by atoms with E-state index >= 15 is 0 Å². The molecule has 3 rings (SSSR count). The molecule has 0 aromatic heterocycles. The summed E-state index contributed by atoms with van der Waals surface area (Å²) in [7, 11) is 0. The number of anilines is 1. The van der Waals surface area contributed by atoms with E-state index in [4.69, 9.17) is 9.47 Å². The predicted octanol–water partition coefficient (Wildman–Crippen LogP) is 2.69. The predicted molar refractivity (Wildman–Crippen MR) is 103 cm³/mol. The summed E-state index contributed by atoms with van der Waals surface area (Å²) in [5.41, 5.74) is 2.00. The van der Waals surface area contributed by atoms with Crippen molar-refractivity contribution >= 4 is 17.5 Å². The number of carbonyl (C=O) groups excluding carboxylic acids is 2. The highest BCUT2D eigenvalue weighted by Gasteiger charge is 2.31. The Balaban J connectivity index is 1.48. The Morgan fingerprint density at radius 2 is 1.70 bits per heavy atom. The van der Waals surface area contributed by atoms with Crippen LogP contribution < -0.4 is 19.7 Å². The van der Waals surface area contributed by atoms with Gasteiger partial charge in [-0.05, 0) is 50.2 Å². The van der Waals surface area contributed by atoms with Gasteiger partial charge < -0.3 is 19.7 Å². The number of benzene rings is 2. The maximum atomic E-state index is 12.2. The van der Waals surface area contributed by atoms with E-state index in [9.17, 15) is 9.59 Å². The highest BCUT2D eigenvalue weighted by molar-refractivity contribution is 5.96. The summed E-state index contributed by atoms with van der Waals surface area (Å²) >= 11 is 0. The summed E-state index contributed by atoms with van der Waals surface area (Å²) in [4.78, 5) is 26.1. The number of hydrogen-bond donors (Lipinski definition) is 1. The van der Waals surface area contributed by atoms with Crippen molar-refractivity contribution in [3.63, 3.8) is 0 Å². The van der Waals surface area contributed by atoms with Crippen LogP contribution in [0, 0.1) is 6.92 Å². The van der Waals surface area contributed by atoms with Gasteiger partial charge in [0, 0.05) is 18.7 Å². The van der Waals surface area contributed by atoms with Gasteiger partial charge >= 0.3 is 0 Å². The minimum atomic E-state index is -0.243. The minimum absolute atomic E-state index is 0.0107. The van der Waals surface area contributed by atoms with E-state index in [1.54, 1.807) is 29.2 Å². The first kappa shape index (κ1) is 18.8. The first-order valence-electron chi connectivity index (χ1n) is 9.07. The summed E-state index contributed by atoms with van der Waals surface area (Å²) in [6, 6.07) is 14.7. The van der Waals surface area contributed by atoms with E-state index < -0.39 is 0 Å². The maximum absolute atomic E-state index is 12.2. The van der Waals surface area contributed by atoms with E-state index in [0.717, 1.165) is 17.0 Å². The van der Waals surface area contributed by atoms with Crippen LogP contribution in [0.3, 0.4) is 0 Å². The molecule has 0 saturated carbocycles. The molecule has 1 aliphatic rings. The van der Waals surface area contributed by atoms with Crippen LogP contribution in [0.5, 0.6) is 11.5 Å². The zero-order valence-electron chi connectivity index (χ0n) is 15.6. The van der Waals surface area contributed by atoms with Gasteiger partial charge in [-0.1, -0.05) is 17.7 Å². The lowest BCUT2D eigenvalue weighted by Crippen LogP contribution is -2.39. The van der Waals surface area contributed by atoms with Crippen molar-refractivity contribution in [3.05, 3.63) is 54.1 Å². The molecule has 1 aliphatic heterocycles. The molecular formula is C21H24N2O4. The molecule has 0 aliphatic carbocycles. The second-order valence-corrected chi connectivity index (χ2v) is 6.50. The number of ether oxygens (including phenoxy) is 2. The minimum Gasteiger partial charge on any atom is -0.494 e. The van der Waals surface area contributed by atoms with Crippen LogP contribution in [0.2, 0.25) is 0 Å². The molecule has 1 atom stereocenters. The molecule has 1 heterocycles. The fourth-order valence-electron chi connectivity index (χ4n) is 3.00. The van der Waals surface area contributed by atoms with Crippen molar-refractivity contribution in [2.24, 2.45) is 0 Å². The summed E-state index contributed by atoms with van der Waals surface area (Å²) in [6.07, 6.45) is 0.294. The van der Waals surface area contributed by atoms with Crippen LogP contribution in [0.25, 0.3) is 0 Å². The molecule has 1 unspecified atom stereocenters. The number of aryl methyl sites for hydroxylation is 1. The third-order valence-electron chi connectivity index (χ3n) is 4.34. The van der Waals surface area contributed by atoms with Crippen LogP contribution in [0.1, 0.15) is 18.9 Å². The monoisotopic (exact) mass is 368 g/mol. The molecule has 0 spiro atoms. The topological polar surface area (TPSA) is 67.9 Å². The molecule has 1 N–H and O–H groups in total. The summed E-state index contributed by atoms with van der Waals surface area (Å²) in [5, 5.41) is 2.87. The molecule has 2 amide bonds. The molecule has 6 heteroatoms. The molecule has 1 saturated heterocycles. The van der Waals surface area contributed by atoms with Crippen LogP contribution in [-0.4, -0.2) is 37.6 Å². The molecule has 0 radical (unpaired) electrons. The lowest BCUT2D eigenvalue weighted by Gasteiger charge is -2.17. The smallest absolute Gasteiger partial charge is 0.258 e. The van der Waals surface area contributed by atoms with Crippen LogP contribution >= 0.6 is 0 Å². The maximum Gasteiger partial charge on any atom is 0.258 e. The van der Waals surface area contributed by atoms with Crippen molar-refractivity contribution < 1.29 is 19.1 Å². The second kappa shape index (κ2) is 8.58. The van der Waals surface area contributed by atoms with Gasteiger partial charge in [-0.25, -0.2) is 0 Å². The molecule has 142 valence electrons.